The highest BCUT2D eigenvalue weighted by Gasteiger charge is 2.29. The average molecular weight is 368 g/mol. The first-order valence-corrected chi connectivity index (χ1v) is 8.40. The van der Waals surface area contributed by atoms with Gasteiger partial charge in [0.1, 0.15) is 6.61 Å². The molecule has 140 valence electrons. The average Bonchev–Trinajstić information content (AvgIpc) is 2.99. The van der Waals surface area contributed by atoms with Crippen LogP contribution >= 0.6 is 0 Å². The number of amides is 1. The topological polar surface area (TPSA) is 105 Å². The molecule has 1 atom stereocenters. The number of carboxylic acids is 1. The molecule has 0 aromatic heterocycles. The number of nitrogens with one attached hydrogen (secondary N) is 1. The molecule has 1 aliphatic rings. The minimum atomic E-state index is -1.59. The highest BCUT2D eigenvalue weighted by atomic mass is 16.5. The van der Waals surface area contributed by atoms with Crippen molar-refractivity contribution in [3.63, 3.8) is 0 Å². The number of aliphatic carboxylic acids is 1. The molecule has 7 heteroatoms. The second kappa shape index (κ2) is 7.90. The second-order valence-electron chi connectivity index (χ2n) is 6.12. The Balaban J connectivity index is 1.68. The molecule has 0 aliphatic heterocycles. The molecule has 7 nitrogen and oxygen atoms in total. The van der Waals surface area contributed by atoms with Crippen LogP contribution in [0.3, 0.4) is 0 Å². The van der Waals surface area contributed by atoms with Crippen LogP contribution in [0.25, 0.3) is 11.1 Å². The number of carbonyl (C=O) groups excluding carboxylic acids is 3. The van der Waals surface area contributed by atoms with Gasteiger partial charge in [-0.25, -0.2) is 4.79 Å². The zero-order chi connectivity index (χ0) is 19.4. The first-order valence-electron chi connectivity index (χ1n) is 8.40. The fourth-order valence-corrected chi connectivity index (χ4v) is 3.23. The number of carbonyl (C=O) groups is 3. The lowest BCUT2D eigenvalue weighted by Crippen LogP contribution is -2.49. The molecular weight excluding hydrogens is 350 g/mol. The third-order valence-corrected chi connectivity index (χ3v) is 4.52. The van der Waals surface area contributed by atoms with Crippen molar-refractivity contribution in [2.24, 2.45) is 0 Å². The van der Waals surface area contributed by atoms with Crippen molar-refractivity contribution in [1.82, 2.24) is 5.32 Å². The third kappa shape index (κ3) is 3.92. The fraction of sp³-hybridized carbons (Fsp3) is 0.250. The minimum Gasteiger partial charge on any atom is -0.548 e. The number of hydrogen-bond donors (Lipinski definition) is 1. The van der Waals surface area contributed by atoms with E-state index in [0.717, 1.165) is 29.4 Å². The van der Waals surface area contributed by atoms with Crippen molar-refractivity contribution in [2.75, 3.05) is 13.7 Å². The van der Waals surface area contributed by atoms with Crippen LogP contribution in [0.2, 0.25) is 0 Å². The van der Waals surface area contributed by atoms with E-state index in [9.17, 15) is 19.5 Å². The lowest BCUT2D eigenvalue weighted by Gasteiger charge is -2.19. The smallest absolute Gasteiger partial charge is 0.407 e. The predicted molar refractivity (Wildman–Crippen MR) is 93.6 cm³/mol. The second-order valence-corrected chi connectivity index (χ2v) is 6.12. The van der Waals surface area contributed by atoms with E-state index >= 15 is 0 Å². The quantitative estimate of drug-likeness (QED) is 0.769. The van der Waals surface area contributed by atoms with E-state index in [1.165, 1.54) is 0 Å². The molecule has 2 aromatic carbocycles. The summed E-state index contributed by atoms with van der Waals surface area (Å²) in [5, 5.41) is 13.2. The summed E-state index contributed by atoms with van der Waals surface area (Å²) in [5.41, 5.74) is 4.25. The Kier molecular flexibility index (Phi) is 5.40. The van der Waals surface area contributed by atoms with Crippen LogP contribution in [0.5, 0.6) is 0 Å². The van der Waals surface area contributed by atoms with Gasteiger partial charge >= 0.3 is 12.1 Å². The fourth-order valence-electron chi connectivity index (χ4n) is 3.23. The van der Waals surface area contributed by atoms with Crippen molar-refractivity contribution in [1.29, 1.82) is 0 Å². The van der Waals surface area contributed by atoms with Gasteiger partial charge in [0.25, 0.3) is 0 Å². The van der Waals surface area contributed by atoms with E-state index in [2.05, 4.69) is 10.1 Å². The Hall–Kier alpha value is -3.35. The molecule has 0 heterocycles. The van der Waals surface area contributed by atoms with Gasteiger partial charge in [-0.3, -0.25) is 4.79 Å². The van der Waals surface area contributed by atoms with E-state index in [-0.39, 0.29) is 12.5 Å². The van der Waals surface area contributed by atoms with Crippen LogP contribution in [0, 0.1) is 0 Å². The molecule has 0 unspecified atom stereocenters. The molecule has 0 radical (unpaired) electrons. The van der Waals surface area contributed by atoms with Gasteiger partial charge in [-0.05, 0) is 22.3 Å². The Morgan fingerprint density at radius 1 is 1.04 bits per heavy atom. The Bertz CT molecular complexity index is 833. The van der Waals surface area contributed by atoms with Gasteiger partial charge in [-0.2, -0.15) is 0 Å². The molecular formula is C20H18NO6-. The predicted octanol–water partition coefficient (Wildman–Crippen LogP) is 1.21. The molecule has 0 fully saturated rings. The standard InChI is InChI=1S/C20H19NO6/c1-26-18(22)10-17(19(23)24)21-20(25)27-11-16-14-8-4-2-6-12(14)13-7-3-5-9-15(13)16/h2-9,16-17H,10-11H2,1H3,(H,21,25)(H,23,24)/p-1/t17-/m0/s1. The Morgan fingerprint density at radius 2 is 1.59 bits per heavy atom. The maximum Gasteiger partial charge on any atom is 0.407 e. The highest BCUT2D eigenvalue weighted by Crippen LogP contribution is 2.44. The molecule has 1 aliphatic carbocycles. The van der Waals surface area contributed by atoms with Crippen LogP contribution in [0.1, 0.15) is 23.5 Å². The number of methoxy groups -OCH3 is 1. The monoisotopic (exact) mass is 368 g/mol. The van der Waals surface area contributed by atoms with E-state index in [0.29, 0.717) is 0 Å². The summed E-state index contributed by atoms with van der Waals surface area (Å²) < 4.78 is 9.65. The molecule has 0 spiro atoms. The summed E-state index contributed by atoms with van der Waals surface area (Å²) >= 11 is 0. The number of rotatable bonds is 6. The van der Waals surface area contributed by atoms with E-state index in [1.807, 2.05) is 48.5 Å². The number of benzene rings is 2. The van der Waals surface area contributed by atoms with Crippen LogP contribution in [-0.4, -0.2) is 37.8 Å². The molecule has 3 rings (SSSR count). The summed E-state index contributed by atoms with van der Waals surface area (Å²) in [5.74, 6) is -2.51. The molecule has 27 heavy (non-hydrogen) atoms. The van der Waals surface area contributed by atoms with Gasteiger partial charge in [-0.15, -0.1) is 0 Å². The lowest BCUT2D eigenvalue weighted by molar-refractivity contribution is -0.308. The summed E-state index contributed by atoms with van der Waals surface area (Å²) in [6.07, 6.45) is -1.47. The minimum absolute atomic E-state index is 0.0395. The van der Waals surface area contributed by atoms with Gasteiger partial charge in [0, 0.05) is 5.92 Å². The Labute approximate surface area is 155 Å². The van der Waals surface area contributed by atoms with Gasteiger partial charge < -0.3 is 24.7 Å². The van der Waals surface area contributed by atoms with E-state index < -0.39 is 30.5 Å². The van der Waals surface area contributed by atoms with Crippen LogP contribution in [0.15, 0.2) is 48.5 Å². The molecule has 0 saturated heterocycles. The van der Waals surface area contributed by atoms with Crippen molar-refractivity contribution >= 4 is 18.0 Å². The normalized spacial score (nSPS) is 13.2. The lowest BCUT2D eigenvalue weighted by atomic mass is 9.98. The highest BCUT2D eigenvalue weighted by molar-refractivity contribution is 5.84. The number of hydrogen-bond acceptors (Lipinski definition) is 6. The number of fused-ring (bicyclic) bond motifs is 3. The summed E-state index contributed by atoms with van der Waals surface area (Å²) in [6.45, 7) is 0.0395. The summed E-state index contributed by atoms with van der Waals surface area (Å²) in [7, 11) is 1.13. The third-order valence-electron chi connectivity index (χ3n) is 4.52. The van der Waals surface area contributed by atoms with Crippen molar-refractivity contribution in [3.05, 3.63) is 59.7 Å². The van der Waals surface area contributed by atoms with Crippen molar-refractivity contribution < 1.29 is 29.0 Å². The summed E-state index contributed by atoms with van der Waals surface area (Å²) in [6, 6.07) is 14.2. The maximum absolute atomic E-state index is 12.0. The number of ether oxygens (including phenoxy) is 2. The largest absolute Gasteiger partial charge is 0.548 e. The SMILES string of the molecule is COC(=O)C[C@H](NC(=O)OCC1c2ccccc2-c2ccccc21)C(=O)[O-]. The van der Waals surface area contributed by atoms with Crippen molar-refractivity contribution in [3.8, 4) is 11.1 Å². The van der Waals surface area contributed by atoms with Crippen LogP contribution < -0.4 is 10.4 Å². The molecule has 0 bridgehead atoms. The first-order chi connectivity index (χ1) is 13.0. The van der Waals surface area contributed by atoms with Crippen molar-refractivity contribution in [2.45, 2.75) is 18.4 Å². The van der Waals surface area contributed by atoms with Gasteiger partial charge in [0.05, 0.1) is 25.5 Å². The number of alkyl carbamates (subject to hydrolysis) is 1. The molecule has 0 saturated carbocycles. The molecule has 1 amide bonds. The first kappa shape index (κ1) is 18.4. The summed E-state index contributed by atoms with van der Waals surface area (Å²) in [4.78, 5) is 34.4. The van der Waals surface area contributed by atoms with E-state index in [1.54, 1.807) is 0 Å². The zero-order valence-electron chi connectivity index (χ0n) is 14.6. The number of esters is 1. The molecule has 1 N–H and O–H groups in total. The van der Waals surface area contributed by atoms with Gasteiger partial charge in [0.2, 0.25) is 0 Å². The Morgan fingerprint density at radius 3 is 2.11 bits per heavy atom. The van der Waals surface area contributed by atoms with Gasteiger partial charge in [-0.1, -0.05) is 48.5 Å². The van der Waals surface area contributed by atoms with Crippen LogP contribution in [0.4, 0.5) is 4.79 Å². The van der Waals surface area contributed by atoms with Gasteiger partial charge in [0.15, 0.2) is 0 Å². The van der Waals surface area contributed by atoms with E-state index in [4.69, 9.17) is 4.74 Å². The van der Waals surface area contributed by atoms with Crippen LogP contribution in [-0.2, 0) is 19.1 Å². The zero-order valence-corrected chi connectivity index (χ0v) is 14.6. The number of carboxylic acid groups (broad SMARTS) is 1. The maximum atomic E-state index is 12.0. The molecule has 2 aromatic rings.